The standard InChI is InChI=1S/C11H11F3N2O/c1-10(16,6-15)7-17-9-5-3-2-4-8(9)11(12,13)14/h2-5H,7,16H2,1H3. The Morgan fingerprint density at radius 1 is 1.35 bits per heavy atom. The van der Waals surface area contributed by atoms with Crippen molar-refractivity contribution in [1.29, 1.82) is 5.26 Å². The fraction of sp³-hybridized carbons (Fsp3) is 0.364. The number of benzene rings is 1. The Kier molecular flexibility index (Phi) is 3.63. The van der Waals surface area contributed by atoms with E-state index in [0.29, 0.717) is 0 Å². The highest BCUT2D eigenvalue weighted by molar-refractivity contribution is 5.35. The average molecular weight is 244 g/mol. The van der Waals surface area contributed by atoms with Crippen LogP contribution < -0.4 is 10.5 Å². The third-order valence-corrected chi connectivity index (χ3v) is 1.98. The normalized spacial score (nSPS) is 14.8. The predicted octanol–water partition coefficient (Wildman–Crippen LogP) is 2.33. The molecule has 0 aliphatic rings. The molecule has 17 heavy (non-hydrogen) atoms. The van der Waals surface area contributed by atoms with Gasteiger partial charge in [-0.2, -0.15) is 18.4 Å². The van der Waals surface area contributed by atoms with Crippen molar-refractivity contribution in [2.45, 2.75) is 18.6 Å². The largest absolute Gasteiger partial charge is 0.490 e. The van der Waals surface area contributed by atoms with Crippen LogP contribution in [0, 0.1) is 11.3 Å². The minimum atomic E-state index is -4.49. The first kappa shape index (κ1) is 13.3. The van der Waals surface area contributed by atoms with E-state index in [2.05, 4.69) is 0 Å². The van der Waals surface area contributed by atoms with Gasteiger partial charge >= 0.3 is 6.18 Å². The molecule has 0 heterocycles. The van der Waals surface area contributed by atoms with E-state index in [1.54, 1.807) is 6.07 Å². The molecule has 0 amide bonds. The molecule has 1 unspecified atom stereocenters. The molecule has 0 aliphatic heterocycles. The number of ether oxygens (including phenoxy) is 1. The van der Waals surface area contributed by atoms with Crippen LogP contribution >= 0.6 is 0 Å². The predicted molar refractivity (Wildman–Crippen MR) is 55.1 cm³/mol. The molecular weight excluding hydrogens is 233 g/mol. The van der Waals surface area contributed by atoms with E-state index in [9.17, 15) is 13.2 Å². The molecule has 92 valence electrons. The number of hydrogen-bond donors (Lipinski definition) is 1. The fourth-order valence-electron chi connectivity index (χ4n) is 1.09. The fourth-order valence-corrected chi connectivity index (χ4v) is 1.09. The Labute approximate surface area is 96.6 Å². The van der Waals surface area contributed by atoms with Gasteiger partial charge in [-0.15, -0.1) is 0 Å². The highest BCUT2D eigenvalue weighted by atomic mass is 19.4. The van der Waals surface area contributed by atoms with E-state index < -0.39 is 17.3 Å². The van der Waals surface area contributed by atoms with Gasteiger partial charge in [0.1, 0.15) is 17.9 Å². The van der Waals surface area contributed by atoms with Crippen LogP contribution in [-0.4, -0.2) is 12.1 Å². The molecule has 3 nitrogen and oxygen atoms in total. The van der Waals surface area contributed by atoms with Crippen molar-refractivity contribution in [3.8, 4) is 11.8 Å². The Bertz CT molecular complexity index is 435. The van der Waals surface area contributed by atoms with Gasteiger partial charge in [-0.1, -0.05) is 12.1 Å². The highest BCUT2D eigenvalue weighted by Crippen LogP contribution is 2.35. The summed E-state index contributed by atoms with van der Waals surface area (Å²) < 4.78 is 42.7. The summed E-state index contributed by atoms with van der Waals surface area (Å²) in [7, 11) is 0. The van der Waals surface area contributed by atoms with E-state index in [1.165, 1.54) is 25.1 Å². The molecule has 1 aromatic carbocycles. The monoisotopic (exact) mass is 244 g/mol. The quantitative estimate of drug-likeness (QED) is 0.887. The lowest BCUT2D eigenvalue weighted by atomic mass is 10.1. The first-order chi connectivity index (χ1) is 7.76. The summed E-state index contributed by atoms with van der Waals surface area (Å²) in [5.74, 6) is -0.327. The number of rotatable bonds is 3. The second-order valence-corrected chi connectivity index (χ2v) is 3.81. The van der Waals surface area contributed by atoms with Crippen molar-refractivity contribution in [1.82, 2.24) is 0 Å². The second-order valence-electron chi connectivity index (χ2n) is 3.81. The van der Waals surface area contributed by atoms with Gasteiger partial charge in [-0.05, 0) is 19.1 Å². The molecule has 1 rings (SSSR count). The van der Waals surface area contributed by atoms with Crippen LogP contribution in [-0.2, 0) is 6.18 Å². The minimum Gasteiger partial charge on any atom is -0.490 e. The molecule has 0 bridgehead atoms. The first-order valence-corrected chi connectivity index (χ1v) is 4.75. The zero-order valence-corrected chi connectivity index (χ0v) is 9.08. The molecule has 1 aromatic rings. The van der Waals surface area contributed by atoms with Crippen LogP contribution in [0.5, 0.6) is 5.75 Å². The molecule has 0 spiro atoms. The van der Waals surface area contributed by atoms with E-state index >= 15 is 0 Å². The molecule has 0 saturated carbocycles. The molecule has 6 heteroatoms. The van der Waals surface area contributed by atoms with Crippen molar-refractivity contribution >= 4 is 0 Å². The lowest BCUT2D eigenvalue weighted by molar-refractivity contribution is -0.139. The zero-order chi connectivity index (χ0) is 13.1. The Balaban J connectivity index is 2.90. The number of nitrogens with two attached hydrogens (primary N) is 1. The number of para-hydroxylation sites is 1. The number of nitriles is 1. The van der Waals surface area contributed by atoms with Crippen molar-refractivity contribution in [3.63, 3.8) is 0 Å². The summed E-state index contributed by atoms with van der Waals surface area (Å²) >= 11 is 0. The maximum Gasteiger partial charge on any atom is 0.419 e. The van der Waals surface area contributed by atoms with Gasteiger partial charge in [0.2, 0.25) is 0 Å². The smallest absolute Gasteiger partial charge is 0.419 e. The van der Waals surface area contributed by atoms with Gasteiger partial charge in [-0.3, -0.25) is 0 Å². The second kappa shape index (κ2) is 4.63. The molecule has 0 fully saturated rings. The topological polar surface area (TPSA) is 59.0 Å². The minimum absolute atomic E-state index is 0.309. The molecule has 0 aromatic heterocycles. The van der Waals surface area contributed by atoms with Crippen LogP contribution in [0.25, 0.3) is 0 Å². The van der Waals surface area contributed by atoms with E-state index in [4.69, 9.17) is 15.7 Å². The van der Waals surface area contributed by atoms with Crippen molar-refractivity contribution < 1.29 is 17.9 Å². The van der Waals surface area contributed by atoms with Crippen molar-refractivity contribution in [2.75, 3.05) is 6.61 Å². The van der Waals surface area contributed by atoms with Crippen LogP contribution in [0.2, 0.25) is 0 Å². The van der Waals surface area contributed by atoms with Gasteiger partial charge in [0.25, 0.3) is 0 Å². The van der Waals surface area contributed by atoms with Crippen LogP contribution in [0.3, 0.4) is 0 Å². The van der Waals surface area contributed by atoms with E-state index in [1.807, 2.05) is 0 Å². The third-order valence-electron chi connectivity index (χ3n) is 1.98. The highest BCUT2D eigenvalue weighted by Gasteiger charge is 2.34. The Morgan fingerprint density at radius 2 is 1.94 bits per heavy atom. The van der Waals surface area contributed by atoms with Gasteiger partial charge in [-0.25, -0.2) is 0 Å². The van der Waals surface area contributed by atoms with Crippen LogP contribution in [0.4, 0.5) is 13.2 Å². The number of halogens is 3. The molecule has 2 N–H and O–H groups in total. The van der Waals surface area contributed by atoms with Crippen molar-refractivity contribution in [2.24, 2.45) is 5.73 Å². The molecule has 0 aliphatic carbocycles. The average Bonchev–Trinajstić information content (AvgIpc) is 2.26. The van der Waals surface area contributed by atoms with Crippen molar-refractivity contribution in [3.05, 3.63) is 29.8 Å². The molecule has 1 atom stereocenters. The van der Waals surface area contributed by atoms with Gasteiger partial charge < -0.3 is 10.5 Å². The van der Waals surface area contributed by atoms with Gasteiger partial charge in [0, 0.05) is 0 Å². The number of hydrogen-bond acceptors (Lipinski definition) is 3. The summed E-state index contributed by atoms with van der Waals surface area (Å²) in [6.07, 6.45) is -4.49. The number of nitrogens with zero attached hydrogens (tertiary/aromatic N) is 1. The molecule has 0 radical (unpaired) electrons. The van der Waals surface area contributed by atoms with Crippen LogP contribution in [0.15, 0.2) is 24.3 Å². The summed E-state index contributed by atoms with van der Waals surface area (Å²) in [4.78, 5) is 0. The zero-order valence-electron chi connectivity index (χ0n) is 9.08. The number of alkyl halides is 3. The Morgan fingerprint density at radius 3 is 2.47 bits per heavy atom. The lowest BCUT2D eigenvalue weighted by Crippen LogP contribution is -2.40. The third kappa shape index (κ3) is 3.64. The molecular formula is C11H11F3N2O. The summed E-state index contributed by atoms with van der Waals surface area (Å²) in [5.41, 5.74) is 3.25. The Hall–Kier alpha value is -1.74. The summed E-state index contributed by atoms with van der Waals surface area (Å²) in [5, 5.41) is 8.62. The summed E-state index contributed by atoms with van der Waals surface area (Å²) in [6.45, 7) is 1.07. The van der Waals surface area contributed by atoms with Gasteiger partial charge in [0.15, 0.2) is 0 Å². The summed E-state index contributed by atoms with van der Waals surface area (Å²) in [6, 6.07) is 6.53. The maximum absolute atomic E-state index is 12.6. The molecule has 0 saturated heterocycles. The first-order valence-electron chi connectivity index (χ1n) is 4.75. The maximum atomic E-state index is 12.6. The van der Waals surface area contributed by atoms with E-state index in [0.717, 1.165) is 6.07 Å². The lowest BCUT2D eigenvalue weighted by Gasteiger charge is -2.18. The van der Waals surface area contributed by atoms with Gasteiger partial charge in [0.05, 0.1) is 11.6 Å². The van der Waals surface area contributed by atoms with E-state index in [-0.39, 0.29) is 12.4 Å². The van der Waals surface area contributed by atoms with Crippen LogP contribution in [0.1, 0.15) is 12.5 Å². The SMILES string of the molecule is CC(N)(C#N)COc1ccccc1C(F)(F)F.